The number of anilines is 1. The van der Waals surface area contributed by atoms with Gasteiger partial charge in [0.25, 0.3) is 0 Å². The van der Waals surface area contributed by atoms with Crippen LogP contribution < -0.4 is 11.2 Å². The summed E-state index contributed by atoms with van der Waals surface area (Å²) in [5.74, 6) is 0.115. The van der Waals surface area contributed by atoms with Crippen LogP contribution >= 0.6 is 19.9 Å². The van der Waals surface area contributed by atoms with Crippen LogP contribution in [0.25, 0.3) is 11.2 Å². The first kappa shape index (κ1) is 15.6. The smallest absolute Gasteiger partial charge is 0.335 e. The predicted molar refractivity (Wildman–Crippen MR) is 81.5 cm³/mol. The van der Waals surface area contributed by atoms with Crippen molar-refractivity contribution in [2.45, 2.75) is 19.4 Å². The van der Waals surface area contributed by atoms with E-state index in [1.165, 1.54) is 7.11 Å². The number of fused-ring (bicyclic) bond motifs is 1. The van der Waals surface area contributed by atoms with Gasteiger partial charge in [-0.2, -0.15) is 15.4 Å². The Labute approximate surface area is 132 Å². The quantitative estimate of drug-likeness (QED) is 0.439. The van der Waals surface area contributed by atoms with Crippen LogP contribution in [0.5, 0.6) is 0 Å². The van der Waals surface area contributed by atoms with E-state index < -0.39 is 8.25 Å². The summed E-state index contributed by atoms with van der Waals surface area (Å²) in [5, 5.41) is 0.242. The van der Waals surface area contributed by atoms with E-state index in [4.69, 9.17) is 22.0 Å². The van der Waals surface area contributed by atoms with Crippen LogP contribution in [0.4, 0.5) is 5.95 Å². The fourth-order valence-electron chi connectivity index (χ4n) is 2.26. The Kier molecular flexibility index (Phi) is 4.33. The van der Waals surface area contributed by atoms with Gasteiger partial charge in [-0.25, -0.2) is 9.61 Å². The molecule has 1 saturated carbocycles. The highest BCUT2D eigenvalue weighted by Gasteiger charge is 2.43. The van der Waals surface area contributed by atoms with Crippen LogP contribution in [0.3, 0.4) is 0 Å². The first-order valence-electron chi connectivity index (χ1n) is 6.64. The number of hydrogen-bond donors (Lipinski definition) is 2. The number of hydrogen-bond acceptors (Lipinski definition) is 8. The average Bonchev–Trinajstić information content (AvgIpc) is 3.12. The Morgan fingerprint density at radius 1 is 1.55 bits per heavy atom. The van der Waals surface area contributed by atoms with E-state index in [0.29, 0.717) is 24.3 Å². The number of imidazole rings is 1. The lowest BCUT2D eigenvalue weighted by Crippen LogP contribution is -2.26. The Balaban J connectivity index is 1.72. The molecule has 2 aromatic heterocycles. The van der Waals surface area contributed by atoms with Crippen LogP contribution in [0.2, 0.25) is 5.15 Å². The van der Waals surface area contributed by atoms with Gasteiger partial charge in [-0.15, -0.1) is 0 Å². The molecule has 1 unspecified atom stereocenters. The molecule has 3 rings (SSSR count). The van der Waals surface area contributed by atoms with Crippen molar-refractivity contribution in [3.8, 4) is 0 Å². The topological polar surface area (TPSA) is 117 Å². The zero-order valence-electron chi connectivity index (χ0n) is 11.9. The van der Waals surface area contributed by atoms with Crippen LogP contribution in [0.15, 0.2) is 6.33 Å². The van der Waals surface area contributed by atoms with Gasteiger partial charge in [-0.05, 0) is 12.8 Å². The minimum Gasteiger partial charge on any atom is -0.368 e. The molecule has 0 radical (unpaired) electrons. The van der Waals surface area contributed by atoms with Crippen molar-refractivity contribution < 1.29 is 13.7 Å². The molecular formula is C11H16ClN6O3P. The maximum absolute atomic E-state index is 11.1. The van der Waals surface area contributed by atoms with Gasteiger partial charge in [-0.3, -0.25) is 4.57 Å². The molecule has 1 atom stereocenters. The number of nitrogens with zero attached hydrogens (tertiary/aromatic N) is 4. The highest BCUT2D eigenvalue weighted by Crippen LogP contribution is 2.47. The summed E-state index contributed by atoms with van der Waals surface area (Å²) < 4.78 is 22.5. The third-order valence-corrected chi connectivity index (χ3v) is 4.58. The van der Waals surface area contributed by atoms with Gasteiger partial charge in [0.15, 0.2) is 10.8 Å². The maximum Gasteiger partial charge on any atom is 0.335 e. The molecule has 120 valence electrons. The van der Waals surface area contributed by atoms with E-state index in [1.807, 2.05) is 4.57 Å². The molecule has 0 saturated heterocycles. The van der Waals surface area contributed by atoms with Crippen molar-refractivity contribution in [2.24, 2.45) is 5.41 Å². The van der Waals surface area contributed by atoms with E-state index in [1.54, 1.807) is 6.33 Å². The van der Waals surface area contributed by atoms with Crippen LogP contribution in [0, 0.1) is 5.41 Å². The van der Waals surface area contributed by atoms with Crippen molar-refractivity contribution >= 4 is 37.0 Å². The second-order valence-corrected chi connectivity index (χ2v) is 6.76. The average molecular weight is 347 g/mol. The molecule has 0 aliphatic heterocycles. The minimum absolute atomic E-state index is 0.00963. The summed E-state index contributed by atoms with van der Waals surface area (Å²) in [6, 6.07) is 0. The first-order valence-corrected chi connectivity index (χ1v) is 8.25. The number of nitrogens with two attached hydrogens (primary N) is 1. The number of hydroxylamine groups is 1. The van der Waals surface area contributed by atoms with Gasteiger partial charge in [0.05, 0.1) is 6.33 Å². The Hall–Kier alpha value is -1.25. The number of rotatable bonds is 7. The number of aromatic nitrogens is 4. The number of nitrogens with one attached hydrogen (secondary N) is 1. The van der Waals surface area contributed by atoms with Crippen LogP contribution in [0.1, 0.15) is 12.8 Å². The van der Waals surface area contributed by atoms with Crippen molar-refractivity contribution in [3.63, 3.8) is 0 Å². The van der Waals surface area contributed by atoms with E-state index in [2.05, 4.69) is 25.0 Å². The lowest BCUT2D eigenvalue weighted by atomic mass is 10.1. The maximum atomic E-state index is 11.1. The molecule has 2 heterocycles. The van der Waals surface area contributed by atoms with E-state index in [-0.39, 0.29) is 16.5 Å². The molecule has 1 fully saturated rings. The monoisotopic (exact) mass is 346 g/mol. The SMILES string of the molecule is CO[PH](=O)ONCC1(Cn2cnc3c(Cl)nc(N)nc32)CC1. The summed E-state index contributed by atoms with van der Waals surface area (Å²) in [7, 11) is -1.13. The molecule has 11 heteroatoms. The lowest BCUT2D eigenvalue weighted by molar-refractivity contribution is 0.146. The summed E-state index contributed by atoms with van der Waals surface area (Å²) in [5.41, 5.74) is 9.49. The summed E-state index contributed by atoms with van der Waals surface area (Å²) >= 11 is 6.01. The zero-order chi connectivity index (χ0) is 15.7. The molecule has 1 aliphatic carbocycles. The van der Waals surface area contributed by atoms with Crippen molar-refractivity contribution in [2.75, 3.05) is 19.4 Å². The summed E-state index contributed by atoms with van der Waals surface area (Å²) in [6.07, 6.45) is 3.71. The fraction of sp³-hybridized carbons (Fsp3) is 0.545. The van der Waals surface area contributed by atoms with Crippen LogP contribution in [-0.4, -0.2) is 33.2 Å². The molecule has 2 aromatic rings. The van der Waals surface area contributed by atoms with Crippen molar-refractivity contribution in [3.05, 3.63) is 11.5 Å². The third-order valence-electron chi connectivity index (χ3n) is 3.67. The van der Waals surface area contributed by atoms with Crippen molar-refractivity contribution in [1.82, 2.24) is 25.0 Å². The third kappa shape index (κ3) is 3.23. The molecule has 1 aliphatic rings. The molecule has 22 heavy (non-hydrogen) atoms. The van der Waals surface area contributed by atoms with Gasteiger partial charge in [0.2, 0.25) is 5.95 Å². The fourth-order valence-corrected chi connectivity index (χ4v) is 2.75. The molecular weight excluding hydrogens is 331 g/mol. The summed E-state index contributed by atoms with van der Waals surface area (Å²) in [6.45, 7) is 1.24. The van der Waals surface area contributed by atoms with Gasteiger partial charge >= 0.3 is 8.25 Å². The molecule has 0 bridgehead atoms. The molecule has 0 aromatic carbocycles. The predicted octanol–water partition coefficient (Wildman–Crippen LogP) is 1.40. The zero-order valence-corrected chi connectivity index (χ0v) is 13.6. The summed E-state index contributed by atoms with van der Waals surface area (Å²) in [4.78, 5) is 12.3. The van der Waals surface area contributed by atoms with E-state index >= 15 is 0 Å². The van der Waals surface area contributed by atoms with E-state index in [0.717, 1.165) is 12.8 Å². The highest BCUT2D eigenvalue weighted by molar-refractivity contribution is 7.33. The highest BCUT2D eigenvalue weighted by atomic mass is 35.5. The molecule has 0 amide bonds. The van der Waals surface area contributed by atoms with Gasteiger partial charge in [0.1, 0.15) is 5.52 Å². The Morgan fingerprint density at radius 3 is 3.00 bits per heavy atom. The second-order valence-electron chi connectivity index (χ2n) is 5.29. The van der Waals surface area contributed by atoms with Gasteiger partial charge < -0.3 is 14.8 Å². The normalized spacial score (nSPS) is 17.7. The standard InChI is InChI=1S/C11H16ClN6O3P/c1-20-22(19)21-15-4-11(2-3-11)5-18-6-14-7-8(12)16-10(13)17-9(7)18/h6,15,22H,2-5H2,1H3,(H2,13,16,17). The van der Waals surface area contributed by atoms with Gasteiger partial charge in [-0.1, -0.05) is 11.6 Å². The van der Waals surface area contributed by atoms with Crippen LogP contribution in [-0.2, 0) is 20.3 Å². The largest absolute Gasteiger partial charge is 0.368 e. The minimum atomic E-state index is -2.46. The second kappa shape index (κ2) is 6.10. The first-order chi connectivity index (χ1) is 10.5. The van der Waals surface area contributed by atoms with Gasteiger partial charge in [0, 0.05) is 25.6 Å². The Morgan fingerprint density at radius 2 is 2.32 bits per heavy atom. The molecule has 0 spiro atoms. The van der Waals surface area contributed by atoms with Crippen molar-refractivity contribution in [1.29, 1.82) is 0 Å². The molecule has 9 nitrogen and oxygen atoms in total. The lowest BCUT2D eigenvalue weighted by Gasteiger charge is -2.16. The Bertz CT molecular complexity index is 719. The number of nitrogen functional groups attached to an aromatic ring is 1. The number of halogens is 1. The van der Waals surface area contributed by atoms with E-state index in [9.17, 15) is 4.57 Å². The molecule has 3 N–H and O–H groups in total.